The molecule has 2 saturated heterocycles. The Balaban J connectivity index is 1.55. The van der Waals surface area contributed by atoms with Gasteiger partial charge in [-0.05, 0) is 49.5 Å². The monoisotopic (exact) mass is 457 g/mol. The van der Waals surface area contributed by atoms with Gasteiger partial charge in [-0.25, -0.2) is 4.79 Å². The smallest absolute Gasteiger partial charge is 0.355 e. The second kappa shape index (κ2) is 7.82. The van der Waals surface area contributed by atoms with Gasteiger partial charge in [-0.3, -0.25) is 9.69 Å². The predicted octanol–water partition coefficient (Wildman–Crippen LogP) is 4.41. The lowest BCUT2D eigenvalue weighted by molar-refractivity contribution is -0.174. The molecule has 3 heterocycles. The summed E-state index contributed by atoms with van der Waals surface area (Å²) in [6.07, 6.45) is 0.392. The summed E-state index contributed by atoms with van der Waals surface area (Å²) in [5, 5.41) is 0.0486. The van der Waals surface area contributed by atoms with E-state index in [-0.39, 0.29) is 35.6 Å². The van der Waals surface area contributed by atoms with E-state index in [1.807, 2.05) is 44.2 Å². The minimum Gasteiger partial charge on any atom is -0.456 e. The van der Waals surface area contributed by atoms with E-state index in [1.54, 1.807) is 4.90 Å². The summed E-state index contributed by atoms with van der Waals surface area (Å²) in [5.41, 5.74) is 1.52. The van der Waals surface area contributed by atoms with Crippen LogP contribution in [0.25, 0.3) is 0 Å². The molecule has 1 aromatic carbocycles. The van der Waals surface area contributed by atoms with E-state index in [9.17, 15) is 9.59 Å². The van der Waals surface area contributed by atoms with Gasteiger partial charge in [0.05, 0.1) is 24.7 Å². The molecule has 0 radical (unpaired) electrons. The molecule has 0 spiro atoms. The number of ether oxygens (including phenoxy) is 2. The molecule has 2 fully saturated rings. The van der Waals surface area contributed by atoms with Crippen LogP contribution in [0, 0.1) is 5.92 Å². The fourth-order valence-corrected chi connectivity index (χ4v) is 6.43. The van der Waals surface area contributed by atoms with Gasteiger partial charge in [-0.15, -0.1) is 0 Å². The number of hydrogen-bond donors (Lipinski definition) is 0. The summed E-state index contributed by atoms with van der Waals surface area (Å²) in [6.45, 7) is 15.7. The molecule has 1 aromatic rings. The highest BCUT2D eigenvalue weighted by molar-refractivity contribution is 6.74. The highest BCUT2D eigenvalue weighted by Crippen LogP contribution is 2.55. The van der Waals surface area contributed by atoms with Gasteiger partial charge < -0.3 is 13.9 Å². The third kappa shape index (κ3) is 3.54. The summed E-state index contributed by atoms with van der Waals surface area (Å²) in [7, 11) is -2.05. The molecule has 7 heteroatoms. The molecule has 4 rings (SSSR count). The number of carbonyl (C=O) groups is 2. The number of hydrogen-bond acceptors (Lipinski definition) is 5. The molecular weight excluding hydrogens is 422 g/mol. The Bertz CT molecular complexity index is 951. The SMILES string of the molecule is C[C@@H](O[Si](C)(C)C(C)(C)C)[C@H]1C(=O)N2C(C(=O)OCc3ccccc3)=C3CCO[C@]3(C)[C@H]12. The van der Waals surface area contributed by atoms with E-state index < -0.39 is 19.9 Å². The van der Waals surface area contributed by atoms with Crippen molar-refractivity contribution in [2.75, 3.05) is 6.61 Å². The van der Waals surface area contributed by atoms with Gasteiger partial charge in [-0.2, -0.15) is 0 Å². The van der Waals surface area contributed by atoms with E-state index in [1.165, 1.54) is 0 Å². The van der Waals surface area contributed by atoms with Crippen LogP contribution in [-0.4, -0.2) is 49.4 Å². The van der Waals surface area contributed by atoms with Crippen molar-refractivity contribution in [3.63, 3.8) is 0 Å². The van der Waals surface area contributed by atoms with Gasteiger partial charge in [0.15, 0.2) is 8.32 Å². The fraction of sp³-hybridized carbons (Fsp3) is 0.600. The van der Waals surface area contributed by atoms with Gasteiger partial charge in [0.2, 0.25) is 5.91 Å². The number of amides is 1. The average molecular weight is 458 g/mol. The van der Waals surface area contributed by atoms with Crippen LogP contribution in [0.5, 0.6) is 0 Å². The average Bonchev–Trinajstić information content (AvgIpc) is 3.17. The molecule has 32 heavy (non-hydrogen) atoms. The van der Waals surface area contributed by atoms with Crippen molar-refractivity contribution in [2.45, 2.75) is 83.5 Å². The molecule has 3 aliphatic heterocycles. The predicted molar refractivity (Wildman–Crippen MR) is 124 cm³/mol. The number of β-lactam (4-membered cyclic amide) rings is 1. The fourth-order valence-electron chi connectivity index (χ4n) is 5.00. The van der Waals surface area contributed by atoms with Crippen molar-refractivity contribution in [1.29, 1.82) is 0 Å². The van der Waals surface area contributed by atoms with Gasteiger partial charge in [0.25, 0.3) is 0 Å². The van der Waals surface area contributed by atoms with E-state index in [0.29, 0.717) is 18.7 Å². The minimum absolute atomic E-state index is 0.0486. The highest BCUT2D eigenvalue weighted by Gasteiger charge is 2.68. The molecule has 0 unspecified atom stereocenters. The van der Waals surface area contributed by atoms with Crippen LogP contribution in [0.2, 0.25) is 18.1 Å². The number of benzene rings is 1. The second-order valence-corrected chi connectivity index (χ2v) is 15.6. The van der Waals surface area contributed by atoms with Gasteiger partial charge in [0, 0.05) is 0 Å². The number of carbonyl (C=O) groups excluding carboxylic acids is 2. The van der Waals surface area contributed by atoms with Crippen LogP contribution < -0.4 is 0 Å². The zero-order valence-corrected chi connectivity index (χ0v) is 21.2. The molecule has 174 valence electrons. The first kappa shape index (κ1) is 23.2. The van der Waals surface area contributed by atoms with E-state index in [4.69, 9.17) is 13.9 Å². The molecule has 0 aliphatic carbocycles. The quantitative estimate of drug-likeness (QED) is 0.360. The summed E-state index contributed by atoms with van der Waals surface area (Å²) < 4.78 is 18.4. The summed E-state index contributed by atoms with van der Waals surface area (Å²) in [6, 6.07) is 9.33. The highest BCUT2D eigenvalue weighted by atomic mass is 28.4. The first-order chi connectivity index (χ1) is 14.9. The van der Waals surface area contributed by atoms with E-state index in [2.05, 4.69) is 33.9 Å². The van der Waals surface area contributed by atoms with Crippen molar-refractivity contribution in [3.05, 3.63) is 47.2 Å². The molecule has 6 nitrogen and oxygen atoms in total. The molecule has 0 aromatic heterocycles. The Labute approximate surface area is 192 Å². The maximum absolute atomic E-state index is 13.3. The normalized spacial score (nSPS) is 28.3. The van der Waals surface area contributed by atoms with Crippen molar-refractivity contribution in [3.8, 4) is 0 Å². The number of fused-ring (bicyclic) bond motifs is 3. The molecule has 1 amide bonds. The lowest BCUT2D eigenvalue weighted by Crippen LogP contribution is -2.69. The van der Waals surface area contributed by atoms with Crippen LogP contribution in [0.4, 0.5) is 0 Å². The first-order valence-electron chi connectivity index (χ1n) is 11.5. The maximum atomic E-state index is 13.3. The standard InChI is InChI=1S/C25H35NO5Si/c1-16(31-32(6,7)24(2,3)4)19-21-25(5)18(13-14-30-25)20(26(21)22(19)27)23(28)29-15-17-11-9-8-10-12-17/h8-12,16,19,21H,13-15H2,1-7H3/t16-,19-,21+,25+/m1/s1. The van der Waals surface area contributed by atoms with E-state index >= 15 is 0 Å². The third-order valence-electron chi connectivity index (χ3n) is 7.78. The van der Waals surface area contributed by atoms with Gasteiger partial charge >= 0.3 is 5.97 Å². The Morgan fingerprint density at radius 2 is 1.94 bits per heavy atom. The van der Waals surface area contributed by atoms with Crippen molar-refractivity contribution in [1.82, 2.24) is 4.90 Å². The Kier molecular flexibility index (Phi) is 5.67. The third-order valence-corrected chi connectivity index (χ3v) is 12.4. The van der Waals surface area contributed by atoms with Crippen molar-refractivity contribution in [2.24, 2.45) is 5.92 Å². The Morgan fingerprint density at radius 1 is 1.28 bits per heavy atom. The van der Waals surface area contributed by atoms with Crippen molar-refractivity contribution < 1.29 is 23.5 Å². The van der Waals surface area contributed by atoms with Gasteiger partial charge in [0.1, 0.15) is 17.9 Å². The maximum Gasteiger partial charge on any atom is 0.355 e. The Hall–Kier alpha value is -1.96. The van der Waals surface area contributed by atoms with Crippen LogP contribution in [-0.2, 0) is 30.1 Å². The van der Waals surface area contributed by atoms with Gasteiger partial charge in [-0.1, -0.05) is 51.1 Å². The zero-order chi connectivity index (χ0) is 23.5. The van der Waals surface area contributed by atoms with Crippen LogP contribution in [0.1, 0.15) is 46.6 Å². The lowest BCUT2D eigenvalue weighted by atomic mass is 9.75. The first-order valence-corrected chi connectivity index (χ1v) is 14.4. The largest absolute Gasteiger partial charge is 0.456 e. The van der Waals surface area contributed by atoms with Crippen LogP contribution in [0.3, 0.4) is 0 Å². The topological polar surface area (TPSA) is 65.1 Å². The number of nitrogens with zero attached hydrogens (tertiary/aromatic N) is 1. The summed E-state index contributed by atoms with van der Waals surface area (Å²) in [4.78, 5) is 28.1. The molecule has 0 N–H and O–H groups in total. The zero-order valence-electron chi connectivity index (χ0n) is 20.2. The summed E-state index contributed by atoms with van der Waals surface area (Å²) >= 11 is 0. The lowest BCUT2D eigenvalue weighted by Gasteiger charge is -2.52. The minimum atomic E-state index is -2.05. The van der Waals surface area contributed by atoms with Crippen LogP contribution >= 0.6 is 0 Å². The number of esters is 1. The molecule has 0 saturated carbocycles. The molecule has 3 aliphatic rings. The molecular formula is C25H35NO5Si. The molecule has 4 atom stereocenters. The molecule has 0 bridgehead atoms. The second-order valence-electron chi connectivity index (χ2n) is 10.9. The Morgan fingerprint density at radius 3 is 2.56 bits per heavy atom. The van der Waals surface area contributed by atoms with Crippen molar-refractivity contribution >= 4 is 20.2 Å². The summed E-state index contributed by atoms with van der Waals surface area (Å²) in [5.74, 6) is -0.853. The van der Waals surface area contributed by atoms with Crippen LogP contribution in [0.15, 0.2) is 41.6 Å². The van der Waals surface area contributed by atoms with E-state index in [0.717, 1.165) is 11.1 Å². The number of rotatable bonds is 6.